The first-order chi connectivity index (χ1) is 13.2. The zero-order valence-corrected chi connectivity index (χ0v) is 14.8. The smallest absolute Gasteiger partial charge is 0.252 e. The second-order valence-corrected chi connectivity index (χ2v) is 6.58. The van der Waals surface area contributed by atoms with Gasteiger partial charge in [0.2, 0.25) is 0 Å². The summed E-state index contributed by atoms with van der Waals surface area (Å²) < 4.78 is 6.37. The van der Waals surface area contributed by atoms with E-state index in [4.69, 9.17) is 4.74 Å². The fourth-order valence-corrected chi connectivity index (χ4v) is 3.34. The summed E-state index contributed by atoms with van der Waals surface area (Å²) in [4.78, 5) is 12.8. The van der Waals surface area contributed by atoms with Gasteiger partial charge in [0.05, 0.1) is 18.2 Å². The van der Waals surface area contributed by atoms with Gasteiger partial charge in [0.1, 0.15) is 5.75 Å². The summed E-state index contributed by atoms with van der Waals surface area (Å²) in [6.07, 6.45) is 4.62. The van der Waals surface area contributed by atoms with Crippen molar-refractivity contribution >= 4 is 5.91 Å². The van der Waals surface area contributed by atoms with E-state index in [1.165, 1.54) is 30.1 Å². The topological polar surface area (TPSA) is 65.3 Å². The molecule has 0 fully saturated rings. The Morgan fingerprint density at radius 2 is 1.81 bits per heavy atom. The van der Waals surface area contributed by atoms with Crippen LogP contribution in [0.1, 0.15) is 39.5 Å². The van der Waals surface area contributed by atoms with Crippen molar-refractivity contribution < 1.29 is 14.3 Å². The quantitative estimate of drug-likeness (QED) is 0.574. The fourth-order valence-electron chi connectivity index (χ4n) is 3.34. The number of rotatable bonds is 4. The molecule has 1 aliphatic rings. The van der Waals surface area contributed by atoms with Crippen LogP contribution < -0.4 is 14.8 Å². The molecule has 5 nitrogen and oxygen atoms in total. The number of aromatic nitrogens is 1. The van der Waals surface area contributed by atoms with E-state index >= 15 is 0 Å². The Hall–Kier alpha value is -3.34. The molecular formula is C22H20N2O3. The molecule has 1 N–H and O–H groups in total. The van der Waals surface area contributed by atoms with E-state index in [0.29, 0.717) is 10.3 Å². The van der Waals surface area contributed by atoms with Crippen LogP contribution in [-0.2, 0) is 6.42 Å². The third-order valence-electron chi connectivity index (χ3n) is 4.74. The summed E-state index contributed by atoms with van der Waals surface area (Å²) in [5.41, 5.74) is 3.62. The lowest BCUT2D eigenvalue weighted by Crippen LogP contribution is -2.31. The van der Waals surface area contributed by atoms with E-state index in [0.717, 1.165) is 36.3 Å². The highest BCUT2D eigenvalue weighted by atomic mass is 16.5. The number of amides is 1. The van der Waals surface area contributed by atoms with Gasteiger partial charge in [0.25, 0.3) is 5.91 Å². The Kier molecular flexibility index (Phi) is 4.75. The summed E-state index contributed by atoms with van der Waals surface area (Å²) in [5.74, 6) is 0.699. The molecule has 136 valence electrons. The number of aryl methyl sites for hydroxylation is 1. The van der Waals surface area contributed by atoms with Crippen molar-refractivity contribution in [1.82, 2.24) is 5.32 Å². The van der Waals surface area contributed by atoms with E-state index in [-0.39, 0.29) is 11.9 Å². The maximum absolute atomic E-state index is 12.8. The van der Waals surface area contributed by atoms with Gasteiger partial charge in [0.15, 0.2) is 12.4 Å². The molecule has 5 heteroatoms. The SMILES string of the molecule is O=C(NC(c1ccccc1)c1ccc2c(c1)CCCO2)c1cc[n+]([O-])cc1. The number of hydrogen-bond donors (Lipinski definition) is 1. The molecular weight excluding hydrogens is 340 g/mol. The minimum absolute atomic E-state index is 0.224. The molecule has 27 heavy (non-hydrogen) atoms. The van der Waals surface area contributed by atoms with Crippen molar-refractivity contribution in [2.75, 3.05) is 6.61 Å². The molecule has 1 unspecified atom stereocenters. The predicted molar refractivity (Wildman–Crippen MR) is 101 cm³/mol. The number of ether oxygens (including phenoxy) is 1. The van der Waals surface area contributed by atoms with Gasteiger partial charge in [-0.25, -0.2) is 0 Å². The van der Waals surface area contributed by atoms with Crippen molar-refractivity contribution in [3.8, 4) is 5.75 Å². The number of nitrogens with zero attached hydrogens (tertiary/aromatic N) is 1. The lowest BCUT2D eigenvalue weighted by atomic mass is 9.94. The molecule has 0 radical (unpaired) electrons. The van der Waals surface area contributed by atoms with E-state index in [9.17, 15) is 10.0 Å². The van der Waals surface area contributed by atoms with Crippen LogP contribution in [0.15, 0.2) is 73.1 Å². The zero-order chi connectivity index (χ0) is 18.6. The molecule has 2 heterocycles. The first-order valence-electron chi connectivity index (χ1n) is 9.01. The number of hydrogen-bond acceptors (Lipinski definition) is 3. The lowest BCUT2D eigenvalue weighted by Gasteiger charge is -2.23. The molecule has 1 atom stereocenters. The Balaban J connectivity index is 1.67. The molecule has 4 rings (SSSR count). The molecule has 0 aliphatic carbocycles. The van der Waals surface area contributed by atoms with Crippen LogP contribution in [0.25, 0.3) is 0 Å². The van der Waals surface area contributed by atoms with Crippen LogP contribution in [0.5, 0.6) is 5.75 Å². The Morgan fingerprint density at radius 1 is 1.04 bits per heavy atom. The van der Waals surface area contributed by atoms with Gasteiger partial charge in [0, 0.05) is 12.1 Å². The minimum atomic E-state index is -0.287. The Labute approximate surface area is 157 Å². The number of nitrogens with one attached hydrogen (secondary N) is 1. The maximum atomic E-state index is 12.8. The summed E-state index contributed by atoms with van der Waals surface area (Å²) in [6, 6.07) is 18.7. The monoisotopic (exact) mass is 360 g/mol. The van der Waals surface area contributed by atoms with Crippen molar-refractivity contribution in [2.24, 2.45) is 0 Å². The van der Waals surface area contributed by atoms with Crippen LogP contribution in [0, 0.1) is 5.21 Å². The van der Waals surface area contributed by atoms with Gasteiger partial charge in [-0.05, 0) is 41.7 Å². The van der Waals surface area contributed by atoms with Crippen LogP contribution >= 0.6 is 0 Å². The minimum Gasteiger partial charge on any atom is -0.619 e. The first-order valence-corrected chi connectivity index (χ1v) is 9.01. The average molecular weight is 360 g/mol. The Morgan fingerprint density at radius 3 is 2.59 bits per heavy atom. The standard InChI is InChI=1S/C22H20N2O3/c25-22(17-10-12-24(26)13-11-17)23-21(16-5-2-1-3-6-16)19-8-9-20-18(15-19)7-4-14-27-20/h1-3,5-6,8-13,15,21H,4,7,14H2,(H,23,25). The third kappa shape index (κ3) is 3.77. The molecule has 1 aromatic heterocycles. The molecule has 0 saturated heterocycles. The second kappa shape index (κ2) is 7.50. The lowest BCUT2D eigenvalue weighted by molar-refractivity contribution is -0.605. The fraction of sp³-hybridized carbons (Fsp3) is 0.182. The number of carbonyl (C=O) groups is 1. The first kappa shape index (κ1) is 17.1. The molecule has 2 aromatic carbocycles. The molecule has 0 saturated carbocycles. The average Bonchev–Trinajstić information content (AvgIpc) is 2.72. The van der Waals surface area contributed by atoms with Gasteiger partial charge in [-0.1, -0.05) is 36.4 Å². The van der Waals surface area contributed by atoms with Crippen LogP contribution in [-0.4, -0.2) is 12.5 Å². The van der Waals surface area contributed by atoms with Crippen LogP contribution in [0.3, 0.4) is 0 Å². The highest BCUT2D eigenvalue weighted by Gasteiger charge is 2.20. The van der Waals surface area contributed by atoms with Gasteiger partial charge >= 0.3 is 0 Å². The summed E-state index contributed by atoms with van der Waals surface area (Å²) in [7, 11) is 0. The normalized spacial score (nSPS) is 13.9. The molecule has 3 aromatic rings. The summed E-state index contributed by atoms with van der Waals surface area (Å²) in [6.45, 7) is 0.749. The molecule has 0 bridgehead atoms. The maximum Gasteiger partial charge on any atom is 0.252 e. The largest absolute Gasteiger partial charge is 0.619 e. The second-order valence-electron chi connectivity index (χ2n) is 6.58. The number of fused-ring (bicyclic) bond motifs is 1. The number of benzene rings is 2. The van der Waals surface area contributed by atoms with Gasteiger partial charge in [-0.2, -0.15) is 4.73 Å². The van der Waals surface area contributed by atoms with E-state index in [1.54, 1.807) is 0 Å². The number of carbonyl (C=O) groups excluding carboxylic acids is 1. The predicted octanol–water partition coefficient (Wildman–Crippen LogP) is 3.16. The van der Waals surface area contributed by atoms with Crippen molar-refractivity contribution in [3.05, 3.63) is 101 Å². The third-order valence-corrected chi connectivity index (χ3v) is 4.74. The van der Waals surface area contributed by atoms with E-state index in [1.807, 2.05) is 42.5 Å². The zero-order valence-electron chi connectivity index (χ0n) is 14.8. The van der Waals surface area contributed by atoms with Gasteiger partial charge in [-0.15, -0.1) is 0 Å². The summed E-state index contributed by atoms with van der Waals surface area (Å²) >= 11 is 0. The highest BCUT2D eigenvalue weighted by molar-refractivity contribution is 5.94. The highest BCUT2D eigenvalue weighted by Crippen LogP contribution is 2.30. The van der Waals surface area contributed by atoms with Gasteiger partial charge < -0.3 is 15.3 Å². The molecule has 0 spiro atoms. The van der Waals surface area contributed by atoms with Crippen molar-refractivity contribution in [1.29, 1.82) is 0 Å². The Bertz CT molecular complexity index is 940. The van der Waals surface area contributed by atoms with E-state index < -0.39 is 0 Å². The number of pyridine rings is 1. The van der Waals surface area contributed by atoms with Gasteiger partial charge in [-0.3, -0.25) is 4.79 Å². The molecule has 1 amide bonds. The van der Waals surface area contributed by atoms with Crippen LogP contribution in [0.4, 0.5) is 0 Å². The van der Waals surface area contributed by atoms with E-state index in [2.05, 4.69) is 11.4 Å². The van der Waals surface area contributed by atoms with Crippen molar-refractivity contribution in [2.45, 2.75) is 18.9 Å². The molecule has 1 aliphatic heterocycles. The summed E-state index contributed by atoms with van der Waals surface area (Å²) in [5, 5.41) is 14.3. The van der Waals surface area contributed by atoms with Crippen molar-refractivity contribution in [3.63, 3.8) is 0 Å². The van der Waals surface area contributed by atoms with Crippen LogP contribution in [0.2, 0.25) is 0 Å².